The van der Waals surface area contributed by atoms with Gasteiger partial charge in [-0.3, -0.25) is 9.59 Å². The second kappa shape index (κ2) is 9.21. The van der Waals surface area contributed by atoms with Gasteiger partial charge in [0.25, 0.3) is 0 Å². The van der Waals surface area contributed by atoms with Gasteiger partial charge in [0.05, 0.1) is 31.6 Å². The number of nitrogens with zero attached hydrogens (tertiary/aromatic N) is 1. The van der Waals surface area contributed by atoms with Gasteiger partial charge in [-0.25, -0.2) is 4.79 Å². The van der Waals surface area contributed by atoms with Crippen LogP contribution in [0.5, 0.6) is 11.5 Å². The topological polar surface area (TPSA) is 106 Å². The maximum atomic E-state index is 13.1. The number of rotatable bonds is 6. The number of carbonyl (C=O) groups is 2. The van der Waals surface area contributed by atoms with E-state index >= 15 is 0 Å². The summed E-state index contributed by atoms with van der Waals surface area (Å²) in [6, 6.07) is 12.6. The van der Waals surface area contributed by atoms with Crippen LogP contribution in [0.15, 0.2) is 51.7 Å². The van der Waals surface area contributed by atoms with Crippen LogP contribution >= 0.6 is 0 Å². The Kier molecular flexibility index (Phi) is 6.32. The van der Waals surface area contributed by atoms with Crippen LogP contribution in [0.4, 0.5) is 0 Å². The number of aliphatic carboxylic acids is 1. The number of hydrogen-bond acceptors (Lipinski definition) is 6. The van der Waals surface area contributed by atoms with Gasteiger partial charge in [0.1, 0.15) is 0 Å². The van der Waals surface area contributed by atoms with Crippen LogP contribution in [0.1, 0.15) is 29.5 Å². The lowest BCUT2D eigenvalue weighted by molar-refractivity contribution is -0.148. The van der Waals surface area contributed by atoms with E-state index in [0.717, 1.165) is 5.56 Å². The smallest absolute Gasteiger partial charge is 0.340 e. The molecule has 0 aliphatic carbocycles. The van der Waals surface area contributed by atoms with E-state index in [0.29, 0.717) is 48.4 Å². The van der Waals surface area contributed by atoms with Crippen molar-refractivity contribution in [2.24, 2.45) is 0 Å². The Hall–Kier alpha value is -3.81. The quantitative estimate of drug-likeness (QED) is 0.557. The number of ether oxygens (including phenoxy) is 2. The Labute approximate surface area is 196 Å². The number of carbonyl (C=O) groups excluding carboxylic acids is 1. The summed E-state index contributed by atoms with van der Waals surface area (Å²) in [5.41, 5.74) is 0.305. The van der Waals surface area contributed by atoms with Crippen molar-refractivity contribution < 1.29 is 28.6 Å². The van der Waals surface area contributed by atoms with Gasteiger partial charge >= 0.3 is 11.6 Å². The number of fused-ring (bicyclic) bond motifs is 1. The number of hydrogen-bond donors (Lipinski definition) is 1. The summed E-state index contributed by atoms with van der Waals surface area (Å²) in [7, 11) is 2.96. The molecule has 1 amide bonds. The van der Waals surface area contributed by atoms with Gasteiger partial charge in [0.2, 0.25) is 11.7 Å². The van der Waals surface area contributed by atoms with Gasteiger partial charge in [-0.15, -0.1) is 0 Å². The molecule has 0 atom stereocenters. The van der Waals surface area contributed by atoms with Gasteiger partial charge in [-0.2, -0.15) is 0 Å². The van der Waals surface area contributed by atoms with E-state index in [4.69, 9.17) is 13.9 Å². The SMILES string of the molecule is COc1ccc2c(C)c(CC(=O)N3CCC(C(=O)O)(c4ccccc4)CC3)c(=O)oc2c1OC. The van der Waals surface area contributed by atoms with Crippen molar-refractivity contribution in [3.63, 3.8) is 0 Å². The van der Waals surface area contributed by atoms with Crippen LogP contribution in [-0.2, 0) is 21.4 Å². The zero-order chi connectivity index (χ0) is 24.5. The maximum Gasteiger partial charge on any atom is 0.340 e. The molecule has 0 unspecified atom stereocenters. The standard InChI is InChI=1S/C26H27NO7/c1-16-18-9-10-20(32-2)23(33-3)22(18)34-24(29)19(16)15-21(28)27-13-11-26(12-14-27,25(30)31)17-7-5-4-6-8-17/h4-10H,11-15H2,1-3H3,(H,30,31). The van der Waals surface area contributed by atoms with Crippen molar-refractivity contribution in [3.8, 4) is 11.5 Å². The van der Waals surface area contributed by atoms with Gasteiger partial charge < -0.3 is 23.9 Å². The molecule has 0 spiro atoms. The van der Waals surface area contributed by atoms with Crippen LogP contribution < -0.4 is 15.1 Å². The largest absolute Gasteiger partial charge is 0.493 e. The zero-order valence-corrected chi connectivity index (χ0v) is 19.4. The minimum absolute atomic E-state index is 0.121. The minimum atomic E-state index is -1.02. The van der Waals surface area contributed by atoms with Crippen molar-refractivity contribution >= 4 is 22.8 Å². The highest BCUT2D eigenvalue weighted by atomic mass is 16.5. The second-order valence-electron chi connectivity index (χ2n) is 8.48. The lowest BCUT2D eigenvalue weighted by Gasteiger charge is -2.39. The van der Waals surface area contributed by atoms with E-state index in [1.54, 1.807) is 24.0 Å². The van der Waals surface area contributed by atoms with Crippen molar-refractivity contribution in [3.05, 3.63) is 69.6 Å². The van der Waals surface area contributed by atoms with E-state index in [1.165, 1.54) is 14.2 Å². The molecule has 2 aromatic carbocycles. The average Bonchev–Trinajstić information content (AvgIpc) is 2.86. The fourth-order valence-corrected chi connectivity index (χ4v) is 4.75. The molecule has 1 aromatic heterocycles. The molecule has 1 aliphatic heterocycles. The summed E-state index contributed by atoms with van der Waals surface area (Å²) < 4.78 is 16.2. The molecular weight excluding hydrogens is 438 g/mol. The number of likely N-dealkylation sites (tertiary alicyclic amines) is 1. The fraction of sp³-hybridized carbons (Fsp3) is 0.346. The summed E-state index contributed by atoms with van der Waals surface area (Å²) in [5, 5.41) is 10.6. The molecule has 1 N–H and O–H groups in total. The molecule has 8 heteroatoms. The monoisotopic (exact) mass is 465 g/mol. The number of methoxy groups -OCH3 is 2. The van der Waals surface area contributed by atoms with Crippen LogP contribution in [0, 0.1) is 6.92 Å². The number of amides is 1. The molecule has 1 fully saturated rings. The van der Waals surface area contributed by atoms with Gasteiger partial charge in [-0.05, 0) is 43.0 Å². The first-order valence-corrected chi connectivity index (χ1v) is 11.1. The Morgan fingerprint density at radius 2 is 1.74 bits per heavy atom. The van der Waals surface area contributed by atoms with Crippen LogP contribution in [0.25, 0.3) is 11.0 Å². The minimum Gasteiger partial charge on any atom is -0.493 e. The van der Waals surface area contributed by atoms with Crippen LogP contribution in [0.3, 0.4) is 0 Å². The van der Waals surface area contributed by atoms with E-state index in [-0.39, 0.29) is 23.5 Å². The highest BCUT2D eigenvalue weighted by Crippen LogP contribution is 2.38. The molecule has 2 heterocycles. The van der Waals surface area contributed by atoms with E-state index in [9.17, 15) is 19.5 Å². The third-order valence-electron chi connectivity index (χ3n) is 6.83. The predicted octanol–water partition coefficient (Wildman–Crippen LogP) is 3.31. The highest BCUT2D eigenvalue weighted by Gasteiger charge is 2.43. The van der Waals surface area contributed by atoms with E-state index in [2.05, 4.69) is 0 Å². The van der Waals surface area contributed by atoms with Gasteiger partial charge in [0, 0.05) is 18.5 Å². The third kappa shape index (κ3) is 3.89. The lowest BCUT2D eigenvalue weighted by Crippen LogP contribution is -2.49. The maximum absolute atomic E-state index is 13.1. The van der Waals surface area contributed by atoms with Gasteiger partial charge in [0.15, 0.2) is 11.3 Å². The highest BCUT2D eigenvalue weighted by molar-refractivity contribution is 5.90. The summed E-state index contributed by atoms with van der Waals surface area (Å²) >= 11 is 0. The number of aryl methyl sites for hydroxylation is 1. The first-order valence-electron chi connectivity index (χ1n) is 11.1. The van der Waals surface area contributed by atoms with Crippen molar-refractivity contribution in [1.82, 2.24) is 4.90 Å². The Bertz CT molecular complexity index is 1290. The average molecular weight is 466 g/mol. The Morgan fingerprint density at radius 3 is 2.32 bits per heavy atom. The summed E-state index contributed by atoms with van der Waals surface area (Å²) in [5.74, 6) is -0.362. The van der Waals surface area contributed by atoms with Gasteiger partial charge in [-0.1, -0.05) is 30.3 Å². The third-order valence-corrected chi connectivity index (χ3v) is 6.83. The van der Waals surface area contributed by atoms with E-state index in [1.807, 2.05) is 30.3 Å². The molecule has 0 radical (unpaired) electrons. The first-order chi connectivity index (χ1) is 16.3. The molecule has 1 saturated heterocycles. The second-order valence-corrected chi connectivity index (χ2v) is 8.48. The molecule has 1 aliphatic rings. The predicted molar refractivity (Wildman–Crippen MR) is 126 cm³/mol. The number of benzene rings is 2. The molecule has 3 aromatic rings. The van der Waals surface area contributed by atoms with E-state index < -0.39 is 17.0 Å². The Morgan fingerprint density at radius 1 is 1.06 bits per heavy atom. The lowest BCUT2D eigenvalue weighted by atomic mass is 9.73. The zero-order valence-electron chi connectivity index (χ0n) is 19.4. The first kappa shape index (κ1) is 23.4. The van der Waals surface area contributed by atoms with Crippen LogP contribution in [-0.4, -0.2) is 49.2 Å². The number of carboxylic acid groups (broad SMARTS) is 1. The normalized spacial score (nSPS) is 15.2. The fourth-order valence-electron chi connectivity index (χ4n) is 4.75. The summed E-state index contributed by atoms with van der Waals surface area (Å²) in [6.07, 6.45) is 0.491. The van der Waals surface area contributed by atoms with Crippen LogP contribution in [0.2, 0.25) is 0 Å². The number of carboxylic acids is 1. The number of piperidine rings is 1. The molecule has 0 bridgehead atoms. The molecule has 4 rings (SSSR count). The van der Waals surface area contributed by atoms with Crippen molar-refractivity contribution in [2.45, 2.75) is 31.6 Å². The van der Waals surface area contributed by atoms with Crippen molar-refractivity contribution in [2.75, 3.05) is 27.3 Å². The molecule has 178 valence electrons. The molecular formula is C26H27NO7. The van der Waals surface area contributed by atoms with Crippen molar-refractivity contribution in [1.29, 1.82) is 0 Å². The summed E-state index contributed by atoms with van der Waals surface area (Å²) in [4.78, 5) is 39.7. The summed E-state index contributed by atoms with van der Waals surface area (Å²) in [6.45, 7) is 2.36. The Balaban J connectivity index is 1.57. The molecule has 34 heavy (non-hydrogen) atoms. The molecule has 8 nitrogen and oxygen atoms in total. The molecule has 0 saturated carbocycles.